The Bertz CT molecular complexity index is 1180. The molecular weight excluding hydrogens is 450 g/mol. The molecule has 35 heavy (non-hydrogen) atoms. The van der Waals surface area contributed by atoms with Crippen molar-refractivity contribution < 1.29 is 18.3 Å². The quantitative estimate of drug-likeness (QED) is 0.570. The first kappa shape index (κ1) is 23.5. The number of ether oxygens (including phenoxy) is 1. The number of pyridine rings is 1. The van der Waals surface area contributed by atoms with Gasteiger partial charge in [0, 0.05) is 31.1 Å². The third-order valence-corrected chi connectivity index (χ3v) is 7.42. The van der Waals surface area contributed by atoms with Gasteiger partial charge in [-0.15, -0.1) is 0 Å². The first-order valence-electron chi connectivity index (χ1n) is 12.1. The maximum atomic E-state index is 13.9. The number of hydrogen-bond acceptors (Lipinski definition) is 5. The summed E-state index contributed by atoms with van der Waals surface area (Å²) < 4.78 is 33.6. The molecule has 0 saturated heterocycles. The number of rotatable bonds is 5. The van der Waals surface area contributed by atoms with Crippen LogP contribution in [0.3, 0.4) is 0 Å². The van der Waals surface area contributed by atoms with Crippen molar-refractivity contribution in [3.63, 3.8) is 0 Å². The lowest BCUT2D eigenvalue weighted by Gasteiger charge is -2.47. The highest BCUT2D eigenvalue weighted by atomic mass is 19.3. The fraction of sp³-hybridized carbons (Fsp3) is 0.444. The molecule has 1 aromatic carbocycles. The van der Waals surface area contributed by atoms with Gasteiger partial charge in [-0.3, -0.25) is 9.78 Å². The lowest BCUT2D eigenvalue weighted by molar-refractivity contribution is -0.112. The minimum Gasteiger partial charge on any atom is -0.459 e. The highest BCUT2D eigenvalue weighted by Crippen LogP contribution is 2.50. The van der Waals surface area contributed by atoms with Crippen molar-refractivity contribution in [2.45, 2.75) is 74.8 Å². The van der Waals surface area contributed by atoms with Gasteiger partial charge < -0.3 is 15.8 Å². The Morgan fingerprint density at radius 1 is 1.20 bits per heavy atom. The third kappa shape index (κ3) is 4.79. The van der Waals surface area contributed by atoms with Crippen LogP contribution in [0.1, 0.15) is 85.0 Å². The number of nitrogens with zero attached hydrogens (tertiary/aromatic N) is 2. The van der Waals surface area contributed by atoms with Crippen LogP contribution < -0.4 is 11.1 Å². The van der Waals surface area contributed by atoms with E-state index in [4.69, 9.17) is 10.5 Å². The molecule has 0 bridgehead atoms. The van der Waals surface area contributed by atoms with Crippen LogP contribution in [0, 0.1) is 0 Å². The summed E-state index contributed by atoms with van der Waals surface area (Å²) in [6, 6.07) is 9.20. The van der Waals surface area contributed by atoms with Gasteiger partial charge in [0.1, 0.15) is 11.3 Å². The molecule has 5 rings (SSSR count). The molecule has 2 saturated carbocycles. The molecule has 1 unspecified atom stereocenters. The van der Waals surface area contributed by atoms with Gasteiger partial charge in [-0.25, -0.2) is 13.8 Å². The van der Waals surface area contributed by atoms with E-state index in [2.05, 4.69) is 21.9 Å². The fourth-order valence-electron chi connectivity index (χ4n) is 5.37. The molecule has 184 valence electrons. The molecule has 1 atom stereocenters. The molecule has 1 spiro atoms. The molecule has 3 N–H and O–H groups in total. The first-order chi connectivity index (χ1) is 16.6. The molecule has 3 aliphatic rings. The van der Waals surface area contributed by atoms with Gasteiger partial charge >= 0.3 is 0 Å². The predicted octanol–water partition coefficient (Wildman–Crippen LogP) is 5.75. The van der Waals surface area contributed by atoms with E-state index in [0.29, 0.717) is 23.7 Å². The van der Waals surface area contributed by atoms with Gasteiger partial charge in [-0.2, -0.15) is 0 Å². The van der Waals surface area contributed by atoms with Crippen molar-refractivity contribution in [1.29, 1.82) is 0 Å². The van der Waals surface area contributed by atoms with Gasteiger partial charge in [0.2, 0.25) is 5.92 Å². The van der Waals surface area contributed by atoms with Gasteiger partial charge in [0.15, 0.2) is 0 Å². The summed E-state index contributed by atoms with van der Waals surface area (Å²) in [7, 11) is 0. The molecule has 1 aliphatic heterocycles. The number of amides is 1. The number of anilines is 1. The van der Waals surface area contributed by atoms with E-state index in [1.807, 2.05) is 25.1 Å². The molecule has 2 aromatic rings. The fourth-order valence-corrected chi connectivity index (χ4v) is 5.37. The molecule has 1 aromatic heterocycles. The number of hydrogen-bond donors (Lipinski definition) is 2. The number of aliphatic imine (C=N–C) groups is 1. The van der Waals surface area contributed by atoms with Crippen molar-refractivity contribution in [3.8, 4) is 0 Å². The number of halogens is 2. The predicted molar refractivity (Wildman–Crippen MR) is 132 cm³/mol. The second-order valence-corrected chi connectivity index (χ2v) is 10.3. The van der Waals surface area contributed by atoms with Crippen LogP contribution in [0.15, 0.2) is 48.1 Å². The van der Waals surface area contributed by atoms with Crippen LogP contribution in [-0.2, 0) is 10.3 Å². The largest absolute Gasteiger partial charge is 0.459 e. The number of carbonyl (C=O) groups is 1. The number of benzene rings is 1. The maximum absolute atomic E-state index is 13.9. The summed E-state index contributed by atoms with van der Waals surface area (Å²) in [4.78, 5) is 21.8. The van der Waals surface area contributed by atoms with Crippen LogP contribution in [0.2, 0.25) is 0 Å². The van der Waals surface area contributed by atoms with E-state index in [1.54, 1.807) is 24.4 Å². The lowest BCUT2D eigenvalue weighted by Crippen LogP contribution is -2.51. The summed E-state index contributed by atoms with van der Waals surface area (Å²) in [5.74, 6) is -2.42. The zero-order valence-electron chi connectivity index (χ0n) is 19.8. The Balaban J connectivity index is 1.41. The molecule has 8 heteroatoms. The number of nitrogens with two attached hydrogens (primary N) is 1. The highest BCUT2D eigenvalue weighted by Gasteiger charge is 2.51. The number of alkyl halides is 2. The number of nitrogens with one attached hydrogen (secondary N) is 1. The van der Waals surface area contributed by atoms with E-state index in [0.717, 1.165) is 16.7 Å². The van der Waals surface area contributed by atoms with Crippen molar-refractivity contribution in [3.05, 3.63) is 65.5 Å². The van der Waals surface area contributed by atoms with Crippen molar-refractivity contribution in [2.75, 3.05) is 5.32 Å². The summed E-state index contributed by atoms with van der Waals surface area (Å²) >= 11 is 0. The van der Waals surface area contributed by atoms with Crippen LogP contribution in [-0.4, -0.2) is 28.4 Å². The smallest absolute Gasteiger partial charge is 0.283 e. The highest BCUT2D eigenvalue weighted by molar-refractivity contribution is 6.03. The summed E-state index contributed by atoms with van der Waals surface area (Å²) in [6.07, 6.45) is 6.15. The Morgan fingerprint density at radius 3 is 2.57 bits per heavy atom. The zero-order chi connectivity index (χ0) is 24.8. The number of amidine groups is 1. The minimum atomic E-state index is -2.68. The van der Waals surface area contributed by atoms with E-state index < -0.39 is 17.1 Å². The summed E-state index contributed by atoms with van der Waals surface area (Å²) in [5, 5.41) is 2.92. The van der Waals surface area contributed by atoms with E-state index in [-0.39, 0.29) is 37.6 Å². The van der Waals surface area contributed by atoms with Crippen molar-refractivity contribution >= 4 is 23.7 Å². The first-order valence-corrected chi connectivity index (χ1v) is 12.1. The van der Waals surface area contributed by atoms with Crippen molar-refractivity contribution in [1.82, 2.24) is 4.98 Å². The van der Waals surface area contributed by atoms with Crippen LogP contribution in [0.25, 0.3) is 6.08 Å². The van der Waals surface area contributed by atoms with Gasteiger partial charge in [-0.1, -0.05) is 24.8 Å². The molecule has 6 nitrogen and oxygen atoms in total. The molecule has 2 heterocycles. The minimum absolute atomic E-state index is 0.00614. The third-order valence-electron chi connectivity index (χ3n) is 7.42. The second-order valence-electron chi connectivity index (χ2n) is 10.3. The van der Waals surface area contributed by atoms with Crippen molar-refractivity contribution in [2.24, 2.45) is 10.7 Å². The topological polar surface area (TPSA) is 89.6 Å². The maximum Gasteiger partial charge on any atom is 0.283 e. The second kappa shape index (κ2) is 8.43. The normalized spacial score (nSPS) is 24.8. The Morgan fingerprint density at radius 2 is 1.94 bits per heavy atom. The number of aromatic nitrogens is 1. The molecule has 1 amide bonds. The monoisotopic (exact) mass is 480 g/mol. The van der Waals surface area contributed by atoms with E-state index in [9.17, 15) is 13.6 Å². The van der Waals surface area contributed by atoms with E-state index in [1.165, 1.54) is 12.8 Å². The lowest BCUT2D eigenvalue weighted by atomic mass is 9.71. The molecule has 2 aliphatic carbocycles. The Kier molecular flexibility index (Phi) is 5.65. The van der Waals surface area contributed by atoms with Crippen LogP contribution in [0.5, 0.6) is 0 Å². The molecular formula is C27H30F2N4O2. The Labute approximate surface area is 203 Å². The van der Waals surface area contributed by atoms with E-state index >= 15 is 0 Å². The number of carbonyl (C=O) groups excluding carboxylic acids is 1. The van der Waals surface area contributed by atoms with Gasteiger partial charge in [0.05, 0.1) is 5.54 Å². The zero-order valence-corrected chi connectivity index (χ0v) is 19.8. The molecule has 2 fully saturated rings. The van der Waals surface area contributed by atoms with Gasteiger partial charge in [0.25, 0.3) is 11.9 Å². The summed E-state index contributed by atoms with van der Waals surface area (Å²) in [6.45, 7) is 5.84. The van der Waals surface area contributed by atoms with Crippen LogP contribution >= 0.6 is 0 Å². The van der Waals surface area contributed by atoms with Crippen LogP contribution in [0.4, 0.5) is 14.5 Å². The average molecular weight is 481 g/mol. The summed E-state index contributed by atoms with van der Waals surface area (Å²) in [5.41, 5.74) is 8.16. The Hall–Kier alpha value is -3.29. The SMILES string of the molecule is C=Cc1ccc(NC(=O)c2ccc(C3CC3)cn2)cc1C1(C)CC2(CCC(F)(F)CC2)OC(N)=N1. The standard InChI is InChI=1S/C27H30F2N4O2/c1-3-17-6-8-20(32-23(34)22-9-7-19(15-31-22)18-4-5-18)14-21(17)25(2)16-26(35-24(30)33-25)10-12-27(28,29)13-11-26/h3,6-9,14-15,18H,1,4-5,10-13,16H2,2H3,(H2,30,33)(H,32,34). The average Bonchev–Trinajstić information content (AvgIpc) is 3.66. The molecule has 0 radical (unpaired) electrons. The van der Waals surface area contributed by atoms with Gasteiger partial charge in [-0.05, 0) is 73.4 Å².